The maximum absolute atomic E-state index is 13.6. The molecule has 1 aromatic carbocycles. The smallest absolute Gasteiger partial charge is 0.317 e. The molecule has 5 heteroatoms. The molecule has 0 aliphatic carbocycles. The lowest BCUT2D eigenvalue weighted by molar-refractivity contribution is -0.148. The van der Waals surface area contributed by atoms with Crippen LogP contribution in [-0.2, 0) is 19.7 Å². The predicted molar refractivity (Wildman–Crippen MR) is 77.3 cm³/mol. The second-order valence-corrected chi connectivity index (χ2v) is 5.55. The Morgan fingerprint density at radius 1 is 1.48 bits per heavy atom. The van der Waals surface area contributed by atoms with Crippen molar-refractivity contribution in [3.05, 3.63) is 35.6 Å². The molecule has 2 N–H and O–H groups in total. The van der Waals surface area contributed by atoms with Crippen LogP contribution in [0.5, 0.6) is 0 Å². The molecule has 1 fully saturated rings. The van der Waals surface area contributed by atoms with Gasteiger partial charge < -0.3 is 15.2 Å². The largest absolute Gasteiger partial charge is 0.468 e. The minimum atomic E-state index is -0.987. The molecule has 1 unspecified atom stereocenters. The minimum Gasteiger partial charge on any atom is -0.468 e. The first-order valence-electron chi connectivity index (χ1n) is 7.24. The fraction of sp³-hybridized carbons (Fsp3) is 0.562. The van der Waals surface area contributed by atoms with Crippen molar-refractivity contribution in [2.24, 2.45) is 11.7 Å². The first kappa shape index (κ1) is 15.9. The normalized spacial score (nSPS) is 19.0. The summed E-state index contributed by atoms with van der Waals surface area (Å²) in [5, 5.41) is 0. The van der Waals surface area contributed by atoms with Crippen molar-refractivity contribution in [2.75, 3.05) is 26.9 Å². The number of carbonyl (C=O) groups is 1. The summed E-state index contributed by atoms with van der Waals surface area (Å²) in [7, 11) is 1.34. The number of ether oxygens (including phenoxy) is 2. The molecule has 1 atom stereocenters. The molecule has 0 aromatic heterocycles. The number of benzene rings is 1. The van der Waals surface area contributed by atoms with Crippen molar-refractivity contribution in [1.82, 2.24) is 0 Å². The Balaban J connectivity index is 2.34. The number of methoxy groups -OCH3 is 1. The van der Waals surface area contributed by atoms with Crippen LogP contribution in [0.3, 0.4) is 0 Å². The highest BCUT2D eigenvalue weighted by Crippen LogP contribution is 2.35. The second kappa shape index (κ2) is 7.00. The summed E-state index contributed by atoms with van der Waals surface area (Å²) < 4.78 is 23.9. The summed E-state index contributed by atoms with van der Waals surface area (Å²) in [6, 6.07) is 6.08. The van der Waals surface area contributed by atoms with Gasteiger partial charge in [0.15, 0.2) is 0 Å². The van der Waals surface area contributed by atoms with Gasteiger partial charge in [0.25, 0.3) is 0 Å². The molecule has 1 heterocycles. The number of rotatable bonds is 5. The maximum atomic E-state index is 13.6. The first-order chi connectivity index (χ1) is 10.1. The third-order valence-electron chi connectivity index (χ3n) is 4.28. The number of carbonyl (C=O) groups excluding carboxylic acids is 1. The molecule has 116 valence electrons. The summed E-state index contributed by atoms with van der Waals surface area (Å²) in [4.78, 5) is 12.4. The van der Waals surface area contributed by atoms with Crippen LogP contribution in [0.2, 0.25) is 0 Å². The van der Waals surface area contributed by atoms with Crippen LogP contribution in [0.4, 0.5) is 4.39 Å². The quantitative estimate of drug-likeness (QED) is 0.844. The maximum Gasteiger partial charge on any atom is 0.317 e. The zero-order valence-electron chi connectivity index (χ0n) is 12.3. The van der Waals surface area contributed by atoms with E-state index < -0.39 is 11.4 Å². The lowest BCUT2D eigenvalue weighted by Crippen LogP contribution is -2.46. The average Bonchev–Trinajstić information content (AvgIpc) is 2.53. The number of nitrogens with two attached hydrogens (primary N) is 1. The van der Waals surface area contributed by atoms with Gasteiger partial charge in [0, 0.05) is 19.8 Å². The van der Waals surface area contributed by atoms with E-state index in [2.05, 4.69) is 0 Å². The third kappa shape index (κ3) is 3.41. The van der Waals surface area contributed by atoms with Crippen molar-refractivity contribution in [3.8, 4) is 0 Å². The molecule has 21 heavy (non-hydrogen) atoms. The van der Waals surface area contributed by atoms with E-state index in [0.29, 0.717) is 31.1 Å². The van der Waals surface area contributed by atoms with Crippen molar-refractivity contribution >= 4 is 5.97 Å². The minimum absolute atomic E-state index is 0.0977. The Kier molecular flexibility index (Phi) is 5.31. The zero-order valence-corrected chi connectivity index (χ0v) is 12.3. The highest BCUT2D eigenvalue weighted by Gasteiger charge is 2.42. The van der Waals surface area contributed by atoms with Gasteiger partial charge >= 0.3 is 5.97 Å². The van der Waals surface area contributed by atoms with Gasteiger partial charge in [-0.3, -0.25) is 4.79 Å². The van der Waals surface area contributed by atoms with Gasteiger partial charge in [0.1, 0.15) is 11.2 Å². The Morgan fingerprint density at radius 2 is 2.19 bits per heavy atom. The van der Waals surface area contributed by atoms with E-state index in [4.69, 9.17) is 15.2 Å². The van der Waals surface area contributed by atoms with Crippen LogP contribution in [0.15, 0.2) is 24.3 Å². The van der Waals surface area contributed by atoms with Gasteiger partial charge in [-0.05, 0) is 42.9 Å². The van der Waals surface area contributed by atoms with Crippen LogP contribution in [0, 0.1) is 11.7 Å². The number of hydrogen-bond acceptors (Lipinski definition) is 4. The molecule has 1 aliphatic heterocycles. The van der Waals surface area contributed by atoms with Crippen molar-refractivity contribution in [1.29, 1.82) is 0 Å². The Labute approximate surface area is 124 Å². The molecule has 0 spiro atoms. The van der Waals surface area contributed by atoms with E-state index in [0.717, 1.165) is 12.8 Å². The molecule has 0 bridgehead atoms. The van der Waals surface area contributed by atoms with Crippen LogP contribution < -0.4 is 5.73 Å². The molecule has 0 amide bonds. The van der Waals surface area contributed by atoms with Crippen molar-refractivity contribution < 1.29 is 18.7 Å². The highest BCUT2D eigenvalue weighted by molar-refractivity contribution is 5.83. The molecule has 1 aliphatic rings. The fourth-order valence-corrected chi connectivity index (χ4v) is 3.03. The summed E-state index contributed by atoms with van der Waals surface area (Å²) >= 11 is 0. The van der Waals surface area contributed by atoms with Gasteiger partial charge in [-0.2, -0.15) is 0 Å². The van der Waals surface area contributed by atoms with E-state index >= 15 is 0 Å². The number of hydrogen-bond donors (Lipinski definition) is 1. The number of esters is 1. The van der Waals surface area contributed by atoms with E-state index in [9.17, 15) is 9.18 Å². The van der Waals surface area contributed by atoms with Crippen LogP contribution >= 0.6 is 0 Å². The zero-order chi connectivity index (χ0) is 15.3. The topological polar surface area (TPSA) is 61.5 Å². The number of halogens is 1. The summed E-state index contributed by atoms with van der Waals surface area (Å²) in [6.45, 7) is 1.48. The standard InChI is InChI=1S/C16H22FNO3/c1-20-15(19)16(11-18,10-12-5-7-21-8-6-12)13-3-2-4-14(17)9-13/h2-4,9,12H,5-8,10-11,18H2,1H3. The molecule has 0 saturated carbocycles. The van der Waals surface area contributed by atoms with E-state index in [1.165, 1.54) is 19.2 Å². The molecule has 1 saturated heterocycles. The van der Waals surface area contributed by atoms with Crippen LogP contribution in [0.1, 0.15) is 24.8 Å². The Morgan fingerprint density at radius 3 is 2.76 bits per heavy atom. The van der Waals surface area contributed by atoms with Crippen molar-refractivity contribution in [2.45, 2.75) is 24.7 Å². The SMILES string of the molecule is COC(=O)C(CN)(CC1CCOCC1)c1cccc(F)c1. The second-order valence-electron chi connectivity index (χ2n) is 5.55. The first-order valence-corrected chi connectivity index (χ1v) is 7.24. The fourth-order valence-electron chi connectivity index (χ4n) is 3.03. The van der Waals surface area contributed by atoms with Gasteiger partial charge in [0.05, 0.1) is 7.11 Å². The summed E-state index contributed by atoms with van der Waals surface area (Å²) in [5.41, 5.74) is 5.53. The van der Waals surface area contributed by atoms with Crippen LogP contribution in [-0.4, -0.2) is 32.8 Å². The molecule has 4 nitrogen and oxygen atoms in total. The Bertz CT molecular complexity index is 488. The summed E-state index contributed by atoms with van der Waals surface area (Å²) in [6.07, 6.45) is 2.32. The monoisotopic (exact) mass is 295 g/mol. The van der Waals surface area contributed by atoms with E-state index in [-0.39, 0.29) is 12.4 Å². The molecular formula is C16H22FNO3. The lowest BCUT2D eigenvalue weighted by Gasteiger charge is -2.35. The van der Waals surface area contributed by atoms with Gasteiger partial charge in [-0.15, -0.1) is 0 Å². The average molecular weight is 295 g/mol. The van der Waals surface area contributed by atoms with E-state index in [1.807, 2.05) is 0 Å². The highest BCUT2D eigenvalue weighted by atomic mass is 19.1. The molecule has 0 radical (unpaired) electrons. The summed E-state index contributed by atoms with van der Waals surface area (Å²) in [5.74, 6) is -0.451. The molecule has 2 rings (SSSR count). The van der Waals surface area contributed by atoms with Gasteiger partial charge in [-0.25, -0.2) is 4.39 Å². The molecule has 1 aromatic rings. The third-order valence-corrected chi connectivity index (χ3v) is 4.28. The van der Waals surface area contributed by atoms with E-state index in [1.54, 1.807) is 12.1 Å². The Hall–Kier alpha value is -1.46. The van der Waals surface area contributed by atoms with Crippen molar-refractivity contribution in [3.63, 3.8) is 0 Å². The predicted octanol–water partition coefficient (Wildman–Crippen LogP) is 2.01. The molecular weight excluding hydrogens is 273 g/mol. The van der Waals surface area contributed by atoms with Crippen LogP contribution in [0.25, 0.3) is 0 Å². The van der Waals surface area contributed by atoms with Gasteiger partial charge in [-0.1, -0.05) is 12.1 Å². The lowest BCUT2D eigenvalue weighted by atomic mass is 9.72. The van der Waals surface area contributed by atoms with Gasteiger partial charge in [0.2, 0.25) is 0 Å².